The highest BCUT2D eigenvalue weighted by molar-refractivity contribution is 9.10. The van der Waals surface area contributed by atoms with Crippen LogP contribution in [0.4, 0.5) is 5.69 Å². The van der Waals surface area contributed by atoms with E-state index < -0.39 is 0 Å². The van der Waals surface area contributed by atoms with Gasteiger partial charge in [-0.15, -0.1) is 0 Å². The molecule has 0 atom stereocenters. The van der Waals surface area contributed by atoms with E-state index in [4.69, 9.17) is 28.9 Å². The van der Waals surface area contributed by atoms with Crippen molar-refractivity contribution >= 4 is 44.8 Å². The molecule has 0 spiro atoms. The van der Waals surface area contributed by atoms with Crippen molar-refractivity contribution in [1.82, 2.24) is 9.78 Å². The molecule has 0 aliphatic carbocycles. The highest BCUT2D eigenvalue weighted by atomic mass is 79.9. The largest absolute Gasteiger partial charge is 0.396 e. The molecule has 2 aromatic carbocycles. The molecular weight excluding hydrogens is 373 g/mol. The van der Waals surface area contributed by atoms with E-state index in [-0.39, 0.29) is 0 Å². The van der Waals surface area contributed by atoms with Crippen molar-refractivity contribution in [2.75, 3.05) is 5.73 Å². The molecule has 106 valence electrons. The van der Waals surface area contributed by atoms with Gasteiger partial charge in [-0.3, -0.25) is 0 Å². The van der Waals surface area contributed by atoms with Gasteiger partial charge in [-0.25, -0.2) is 4.68 Å². The van der Waals surface area contributed by atoms with Crippen LogP contribution in [0.1, 0.15) is 0 Å². The zero-order valence-corrected chi connectivity index (χ0v) is 13.8. The predicted octanol–water partition coefficient (Wildman–Crippen LogP) is 5.19. The quantitative estimate of drug-likeness (QED) is 0.662. The van der Waals surface area contributed by atoms with Crippen LogP contribution in [0.5, 0.6) is 0 Å². The lowest BCUT2D eigenvalue weighted by Crippen LogP contribution is -1.94. The Bertz CT molecular complexity index is 814. The van der Waals surface area contributed by atoms with Crippen LogP contribution in [0, 0.1) is 0 Å². The second-order valence-electron chi connectivity index (χ2n) is 4.49. The summed E-state index contributed by atoms with van der Waals surface area (Å²) in [7, 11) is 0. The highest BCUT2D eigenvalue weighted by Crippen LogP contribution is 2.29. The van der Waals surface area contributed by atoms with Crippen LogP contribution in [-0.2, 0) is 0 Å². The number of nitrogens with zero attached hydrogens (tertiary/aromatic N) is 2. The Morgan fingerprint density at radius 3 is 2.57 bits per heavy atom. The van der Waals surface area contributed by atoms with Crippen molar-refractivity contribution < 1.29 is 0 Å². The number of rotatable bonds is 2. The van der Waals surface area contributed by atoms with Crippen LogP contribution in [-0.4, -0.2) is 9.78 Å². The minimum atomic E-state index is 0.479. The van der Waals surface area contributed by atoms with Gasteiger partial charge in [0.25, 0.3) is 0 Å². The van der Waals surface area contributed by atoms with E-state index in [2.05, 4.69) is 21.0 Å². The SMILES string of the molecule is Nc1cn(-c2ccc(Cl)c(Cl)c2)nc1-c1cccc(Br)c1. The van der Waals surface area contributed by atoms with Gasteiger partial charge < -0.3 is 5.73 Å². The molecule has 1 heterocycles. The number of hydrogen-bond acceptors (Lipinski definition) is 2. The van der Waals surface area contributed by atoms with Crippen molar-refractivity contribution in [2.24, 2.45) is 0 Å². The van der Waals surface area contributed by atoms with Crippen LogP contribution in [0.2, 0.25) is 10.0 Å². The normalized spacial score (nSPS) is 10.8. The first kappa shape index (κ1) is 14.4. The molecule has 1 aromatic heterocycles. The molecule has 0 fully saturated rings. The highest BCUT2D eigenvalue weighted by Gasteiger charge is 2.11. The van der Waals surface area contributed by atoms with Gasteiger partial charge in [0.1, 0.15) is 5.69 Å². The zero-order valence-electron chi connectivity index (χ0n) is 10.7. The van der Waals surface area contributed by atoms with Crippen molar-refractivity contribution in [3.63, 3.8) is 0 Å². The van der Waals surface area contributed by atoms with Gasteiger partial charge in [0.15, 0.2) is 0 Å². The third-order valence-corrected chi connectivity index (χ3v) is 4.24. The molecule has 0 aliphatic rings. The Labute approximate surface area is 140 Å². The Hall–Kier alpha value is -1.49. The number of benzene rings is 2. The van der Waals surface area contributed by atoms with E-state index in [0.717, 1.165) is 21.4 Å². The monoisotopic (exact) mass is 381 g/mol. The average molecular weight is 383 g/mol. The standard InChI is InChI=1S/C15H10BrCl2N3/c16-10-3-1-2-9(6-10)15-14(19)8-21(20-15)11-4-5-12(17)13(18)7-11/h1-8H,19H2. The smallest absolute Gasteiger partial charge is 0.116 e. The van der Waals surface area contributed by atoms with Gasteiger partial charge in [0.05, 0.1) is 27.6 Å². The minimum absolute atomic E-state index is 0.479. The lowest BCUT2D eigenvalue weighted by atomic mass is 10.1. The summed E-state index contributed by atoms with van der Waals surface area (Å²) in [5, 5.41) is 5.52. The number of halogens is 3. The molecule has 3 nitrogen and oxygen atoms in total. The average Bonchev–Trinajstić information content (AvgIpc) is 2.84. The fourth-order valence-electron chi connectivity index (χ4n) is 2.01. The molecule has 0 saturated heterocycles. The number of anilines is 1. The summed E-state index contributed by atoms with van der Waals surface area (Å²) < 4.78 is 2.66. The van der Waals surface area contributed by atoms with E-state index in [1.54, 1.807) is 23.0 Å². The summed E-state index contributed by atoms with van der Waals surface area (Å²) in [6, 6.07) is 13.1. The molecule has 21 heavy (non-hydrogen) atoms. The summed E-state index contributed by atoms with van der Waals surface area (Å²) in [5.41, 5.74) is 9.14. The molecule has 0 radical (unpaired) electrons. The van der Waals surface area contributed by atoms with Crippen molar-refractivity contribution in [1.29, 1.82) is 0 Å². The topological polar surface area (TPSA) is 43.8 Å². The number of aromatic nitrogens is 2. The Morgan fingerprint density at radius 2 is 1.86 bits per heavy atom. The van der Waals surface area contributed by atoms with E-state index in [0.29, 0.717) is 15.7 Å². The maximum Gasteiger partial charge on any atom is 0.116 e. The molecule has 0 amide bonds. The second-order valence-corrected chi connectivity index (χ2v) is 6.22. The first-order chi connectivity index (χ1) is 10.0. The van der Waals surface area contributed by atoms with Gasteiger partial charge in [0.2, 0.25) is 0 Å². The van der Waals surface area contributed by atoms with Gasteiger partial charge >= 0.3 is 0 Å². The van der Waals surface area contributed by atoms with Crippen molar-refractivity contribution in [3.8, 4) is 16.9 Å². The van der Waals surface area contributed by atoms with Crippen LogP contribution in [0.25, 0.3) is 16.9 Å². The van der Waals surface area contributed by atoms with Crippen molar-refractivity contribution in [3.05, 3.63) is 63.2 Å². The van der Waals surface area contributed by atoms with E-state index in [1.807, 2.05) is 30.3 Å². The number of nitrogens with two attached hydrogens (primary N) is 1. The zero-order chi connectivity index (χ0) is 15.0. The molecule has 0 bridgehead atoms. The van der Waals surface area contributed by atoms with Crippen LogP contribution < -0.4 is 5.73 Å². The lowest BCUT2D eigenvalue weighted by Gasteiger charge is -2.03. The molecule has 3 rings (SSSR count). The maximum absolute atomic E-state index is 6.07. The second kappa shape index (κ2) is 5.72. The lowest BCUT2D eigenvalue weighted by molar-refractivity contribution is 0.884. The molecule has 0 aliphatic heterocycles. The van der Waals surface area contributed by atoms with Gasteiger partial charge in [-0.05, 0) is 30.3 Å². The molecule has 6 heteroatoms. The molecule has 0 saturated carbocycles. The molecule has 3 aromatic rings. The summed E-state index contributed by atoms with van der Waals surface area (Å²) >= 11 is 15.4. The van der Waals surface area contributed by atoms with Crippen LogP contribution in [0.15, 0.2) is 53.1 Å². The summed E-state index contributed by atoms with van der Waals surface area (Å²) in [6.45, 7) is 0. The van der Waals surface area contributed by atoms with E-state index in [9.17, 15) is 0 Å². The third kappa shape index (κ3) is 2.93. The Morgan fingerprint density at radius 1 is 1.05 bits per heavy atom. The first-order valence-electron chi connectivity index (χ1n) is 6.11. The maximum atomic E-state index is 6.07. The van der Waals surface area contributed by atoms with E-state index >= 15 is 0 Å². The number of hydrogen-bond donors (Lipinski definition) is 1. The van der Waals surface area contributed by atoms with Crippen LogP contribution in [0.3, 0.4) is 0 Å². The number of nitrogen functional groups attached to an aromatic ring is 1. The fraction of sp³-hybridized carbons (Fsp3) is 0. The molecule has 2 N–H and O–H groups in total. The summed E-state index contributed by atoms with van der Waals surface area (Å²) in [6.07, 6.45) is 1.76. The van der Waals surface area contributed by atoms with Crippen molar-refractivity contribution in [2.45, 2.75) is 0 Å². The predicted molar refractivity (Wildman–Crippen MR) is 91.1 cm³/mol. The fourth-order valence-corrected chi connectivity index (χ4v) is 2.70. The summed E-state index contributed by atoms with van der Waals surface area (Å²) in [4.78, 5) is 0. The minimum Gasteiger partial charge on any atom is -0.396 e. The van der Waals surface area contributed by atoms with Crippen LogP contribution >= 0.6 is 39.1 Å². The summed E-state index contributed by atoms with van der Waals surface area (Å²) in [5.74, 6) is 0. The van der Waals surface area contributed by atoms with Gasteiger partial charge in [0, 0.05) is 10.0 Å². The molecule has 0 unspecified atom stereocenters. The van der Waals surface area contributed by atoms with Gasteiger partial charge in [-0.1, -0.05) is 51.3 Å². The first-order valence-corrected chi connectivity index (χ1v) is 7.66. The van der Waals surface area contributed by atoms with E-state index in [1.165, 1.54) is 0 Å². The molecular formula is C15H10BrCl2N3. The Kier molecular flexibility index (Phi) is 3.93. The third-order valence-electron chi connectivity index (χ3n) is 3.01. The van der Waals surface area contributed by atoms with Gasteiger partial charge in [-0.2, -0.15) is 5.10 Å². The Balaban J connectivity index is 2.07.